The minimum atomic E-state index is 0.713. The number of rotatable bonds is 11. The lowest BCUT2D eigenvalue weighted by Gasteiger charge is -2.11. The van der Waals surface area contributed by atoms with Crippen molar-refractivity contribution >= 4 is 33.7 Å². The van der Waals surface area contributed by atoms with E-state index in [0.717, 1.165) is 53.8 Å². The van der Waals surface area contributed by atoms with Crippen LogP contribution in [0.2, 0.25) is 0 Å². The second-order valence-corrected chi connectivity index (χ2v) is 6.83. The van der Waals surface area contributed by atoms with E-state index in [2.05, 4.69) is 31.6 Å². The molecule has 2 N–H and O–H groups in total. The molecule has 0 aromatic heterocycles. The molecule has 0 heterocycles. The van der Waals surface area contributed by atoms with Gasteiger partial charge in [0.1, 0.15) is 5.75 Å². The number of nitrogens with one attached hydrogen (secondary N) is 2. The Morgan fingerprint density at radius 1 is 1.22 bits per heavy atom. The number of thioether (sulfide) groups is 1. The standard InChI is InChI=1S/C16H26BrN3O2S/c1-18-16(19-7-4-9-21-2)20-8-11-23-12-10-22-15-6-3-5-14(17)13-15/h3,5-6,13H,4,7-12H2,1-2H3,(H2,18,19,20). The maximum atomic E-state index is 5.69. The predicted octanol–water partition coefficient (Wildman–Crippen LogP) is 2.76. The summed E-state index contributed by atoms with van der Waals surface area (Å²) in [7, 11) is 3.50. The molecule has 0 spiro atoms. The molecule has 0 radical (unpaired) electrons. The number of nitrogens with zero attached hydrogens (tertiary/aromatic N) is 1. The van der Waals surface area contributed by atoms with E-state index in [1.807, 2.05) is 36.0 Å². The quantitative estimate of drug-likeness (QED) is 0.338. The molecule has 0 atom stereocenters. The van der Waals surface area contributed by atoms with Crippen LogP contribution in [0.1, 0.15) is 6.42 Å². The average molecular weight is 404 g/mol. The van der Waals surface area contributed by atoms with Crippen molar-refractivity contribution in [3.8, 4) is 5.75 Å². The normalized spacial score (nSPS) is 11.3. The molecule has 0 aliphatic heterocycles. The highest BCUT2D eigenvalue weighted by Crippen LogP contribution is 2.17. The predicted molar refractivity (Wildman–Crippen MR) is 103 cm³/mol. The summed E-state index contributed by atoms with van der Waals surface area (Å²) in [5.74, 6) is 3.72. The van der Waals surface area contributed by atoms with E-state index < -0.39 is 0 Å². The van der Waals surface area contributed by atoms with E-state index in [1.54, 1.807) is 14.2 Å². The first-order valence-electron chi connectivity index (χ1n) is 7.66. The van der Waals surface area contributed by atoms with Crippen LogP contribution in [0.15, 0.2) is 33.7 Å². The molecule has 0 bridgehead atoms. The van der Waals surface area contributed by atoms with Gasteiger partial charge in [0.15, 0.2) is 5.96 Å². The van der Waals surface area contributed by atoms with Crippen molar-refractivity contribution in [3.05, 3.63) is 28.7 Å². The molecule has 0 saturated heterocycles. The molecule has 23 heavy (non-hydrogen) atoms. The molecule has 0 amide bonds. The van der Waals surface area contributed by atoms with Crippen LogP contribution in [0.3, 0.4) is 0 Å². The van der Waals surface area contributed by atoms with Crippen LogP contribution in [0.25, 0.3) is 0 Å². The Bertz CT molecular complexity index is 461. The number of halogens is 1. The third kappa shape index (κ3) is 10.5. The van der Waals surface area contributed by atoms with Gasteiger partial charge in [-0.05, 0) is 24.6 Å². The highest BCUT2D eigenvalue weighted by Gasteiger charge is 1.98. The zero-order valence-electron chi connectivity index (χ0n) is 13.8. The molecule has 0 saturated carbocycles. The summed E-state index contributed by atoms with van der Waals surface area (Å²) in [6, 6.07) is 7.91. The Balaban J connectivity index is 1.99. The minimum absolute atomic E-state index is 0.713. The van der Waals surface area contributed by atoms with Crippen LogP contribution in [0.5, 0.6) is 5.75 Å². The fraction of sp³-hybridized carbons (Fsp3) is 0.562. The van der Waals surface area contributed by atoms with Gasteiger partial charge in [-0.1, -0.05) is 22.0 Å². The summed E-state index contributed by atoms with van der Waals surface area (Å²) in [5, 5.41) is 6.55. The van der Waals surface area contributed by atoms with Gasteiger partial charge in [-0.25, -0.2) is 0 Å². The highest BCUT2D eigenvalue weighted by molar-refractivity contribution is 9.10. The Hall–Kier alpha value is -0.920. The third-order valence-electron chi connectivity index (χ3n) is 2.87. The largest absolute Gasteiger partial charge is 0.493 e. The zero-order valence-corrected chi connectivity index (χ0v) is 16.2. The van der Waals surface area contributed by atoms with Crippen LogP contribution >= 0.6 is 27.7 Å². The Morgan fingerprint density at radius 3 is 2.78 bits per heavy atom. The molecular weight excluding hydrogens is 378 g/mol. The second kappa shape index (κ2) is 13.5. The second-order valence-electron chi connectivity index (χ2n) is 4.69. The van der Waals surface area contributed by atoms with Crippen LogP contribution in [0.4, 0.5) is 0 Å². The lowest BCUT2D eigenvalue weighted by Crippen LogP contribution is -2.39. The van der Waals surface area contributed by atoms with Crippen molar-refractivity contribution in [3.63, 3.8) is 0 Å². The lowest BCUT2D eigenvalue weighted by molar-refractivity contribution is 0.195. The topological polar surface area (TPSA) is 54.9 Å². The third-order valence-corrected chi connectivity index (χ3v) is 4.31. The summed E-state index contributed by atoms with van der Waals surface area (Å²) in [6.07, 6.45) is 0.971. The van der Waals surface area contributed by atoms with E-state index in [1.165, 1.54) is 0 Å². The fourth-order valence-electron chi connectivity index (χ4n) is 1.76. The number of benzene rings is 1. The van der Waals surface area contributed by atoms with Crippen LogP contribution in [-0.4, -0.2) is 57.9 Å². The number of methoxy groups -OCH3 is 1. The number of hydrogen-bond donors (Lipinski definition) is 2. The van der Waals surface area contributed by atoms with Crippen molar-refractivity contribution in [1.29, 1.82) is 0 Å². The Kier molecular flexibility index (Phi) is 11.8. The lowest BCUT2D eigenvalue weighted by atomic mass is 10.3. The fourth-order valence-corrected chi connectivity index (χ4v) is 2.79. The molecule has 0 aliphatic carbocycles. The number of ether oxygens (including phenoxy) is 2. The Morgan fingerprint density at radius 2 is 2.04 bits per heavy atom. The zero-order chi connectivity index (χ0) is 16.8. The van der Waals surface area contributed by atoms with Gasteiger partial charge in [0.2, 0.25) is 0 Å². The maximum absolute atomic E-state index is 5.69. The van der Waals surface area contributed by atoms with Gasteiger partial charge in [-0.2, -0.15) is 11.8 Å². The van der Waals surface area contributed by atoms with Gasteiger partial charge < -0.3 is 20.1 Å². The average Bonchev–Trinajstić information content (AvgIpc) is 2.56. The smallest absolute Gasteiger partial charge is 0.191 e. The minimum Gasteiger partial charge on any atom is -0.493 e. The summed E-state index contributed by atoms with van der Waals surface area (Å²) < 4.78 is 11.7. The van der Waals surface area contributed by atoms with Gasteiger partial charge in [0, 0.05) is 49.8 Å². The van der Waals surface area contributed by atoms with Crippen LogP contribution < -0.4 is 15.4 Å². The van der Waals surface area contributed by atoms with Crippen molar-refractivity contribution in [1.82, 2.24) is 10.6 Å². The van der Waals surface area contributed by atoms with Crippen molar-refractivity contribution in [2.24, 2.45) is 4.99 Å². The first-order chi connectivity index (χ1) is 11.3. The van der Waals surface area contributed by atoms with Crippen LogP contribution in [0, 0.1) is 0 Å². The molecular formula is C16H26BrN3O2S. The van der Waals surface area contributed by atoms with Gasteiger partial charge in [-0.3, -0.25) is 4.99 Å². The van der Waals surface area contributed by atoms with Gasteiger partial charge in [-0.15, -0.1) is 0 Å². The summed E-state index contributed by atoms with van der Waals surface area (Å²) in [5.41, 5.74) is 0. The summed E-state index contributed by atoms with van der Waals surface area (Å²) in [4.78, 5) is 4.18. The SMILES string of the molecule is CN=C(NCCCOC)NCCSCCOc1cccc(Br)c1. The molecule has 5 nitrogen and oxygen atoms in total. The van der Waals surface area contributed by atoms with Gasteiger partial charge >= 0.3 is 0 Å². The van der Waals surface area contributed by atoms with Gasteiger partial charge in [0.25, 0.3) is 0 Å². The van der Waals surface area contributed by atoms with E-state index in [9.17, 15) is 0 Å². The molecule has 130 valence electrons. The highest BCUT2D eigenvalue weighted by atomic mass is 79.9. The number of aliphatic imine (C=N–C) groups is 1. The Labute approximate surface area is 151 Å². The van der Waals surface area contributed by atoms with Gasteiger partial charge in [0.05, 0.1) is 6.61 Å². The van der Waals surface area contributed by atoms with Crippen molar-refractivity contribution < 1.29 is 9.47 Å². The molecule has 1 aromatic carbocycles. The molecule has 1 rings (SSSR count). The monoisotopic (exact) mass is 403 g/mol. The van der Waals surface area contributed by atoms with E-state index in [4.69, 9.17) is 9.47 Å². The molecule has 1 aromatic rings. The number of hydrogen-bond acceptors (Lipinski definition) is 4. The first-order valence-corrected chi connectivity index (χ1v) is 9.60. The van der Waals surface area contributed by atoms with E-state index in [0.29, 0.717) is 6.61 Å². The molecule has 7 heteroatoms. The summed E-state index contributed by atoms with van der Waals surface area (Å²) in [6.45, 7) is 3.22. The first kappa shape index (κ1) is 20.1. The van der Waals surface area contributed by atoms with Crippen molar-refractivity contribution in [2.75, 3.05) is 52.0 Å². The molecule has 0 fully saturated rings. The van der Waals surface area contributed by atoms with E-state index in [-0.39, 0.29) is 0 Å². The molecule has 0 aliphatic rings. The van der Waals surface area contributed by atoms with E-state index >= 15 is 0 Å². The maximum Gasteiger partial charge on any atom is 0.191 e. The molecule has 0 unspecified atom stereocenters. The van der Waals surface area contributed by atoms with Crippen LogP contribution in [-0.2, 0) is 4.74 Å². The summed E-state index contributed by atoms with van der Waals surface area (Å²) >= 11 is 5.29. The van der Waals surface area contributed by atoms with Crippen molar-refractivity contribution in [2.45, 2.75) is 6.42 Å². The number of guanidine groups is 1.